The Hall–Kier alpha value is -1.59. The Bertz CT molecular complexity index is 461. The van der Waals surface area contributed by atoms with Crippen LogP contribution in [0, 0.1) is 0 Å². The molecule has 3 N–H and O–H groups in total. The third kappa shape index (κ3) is 3.24. The first-order valence-corrected chi connectivity index (χ1v) is 6.37. The number of carbonyl (C=O) groups is 1. The lowest BCUT2D eigenvalue weighted by Crippen LogP contribution is -2.27. The van der Waals surface area contributed by atoms with E-state index in [0.717, 1.165) is 17.7 Å². The van der Waals surface area contributed by atoms with Crippen LogP contribution in [0.1, 0.15) is 30.1 Å². The van der Waals surface area contributed by atoms with Gasteiger partial charge in [0.2, 0.25) is 0 Å². The second-order valence-electron chi connectivity index (χ2n) is 4.72. The van der Waals surface area contributed by atoms with Crippen LogP contribution >= 0.6 is 0 Å². The molecule has 0 saturated carbocycles. The van der Waals surface area contributed by atoms with E-state index in [-0.39, 0.29) is 18.6 Å². The van der Waals surface area contributed by atoms with Crippen molar-refractivity contribution >= 4 is 5.97 Å². The first kappa shape index (κ1) is 13.8. The number of methoxy groups -OCH3 is 1. The summed E-state index contributed by atoms with van der Waals surface area (Å²) in [7, 11) is 1.62. The molecule has 1 aromatic rings. The number of fused-ring (bicyclic) bond motifs is 1. The number of carboxylic acid groups (broad SMARTS) is 1. The first-order valence-electron chi connectivity index (χ1n) is 6.37. The Morgan fingerprint density at radius 2 is 2.32 bits per heavy atom. The number of hydrogen-bond donors (Lipinski definition) is 2. The van der Waals surface area contributed by atoms with Gasteiger partial charge < -0.3 is 20.3 Å². The summed E-state index contributed by atoms with van der Waals surface area (Å²) in [5, 5.41) is 8.59. The van der Waals surface area contributed by atoms with Crippen LogP contribution in [0.15, 0.2) is 18.2 Å². The molecule has 0 heterocycles. The van der Waals surface area contributed by atoms with E-state index in [2.05, 4.69) is 0 Å². The van der Waals surface area contributed by atoms with Crippen LogP contribution in [0.2, 0.25) is 0 Å². The van der Waals surface area contributed by atoms with Gasteiger partial charge in [0.05, 0.1) is 13.2 Å². The molecule has 104 valence electrons. The molecule has 5 nitrogen and oxygen atoms in total. The summed E-state index contributed by atoms with van der Waals surface area (Å²) in [6.07, 6.45) is 1.23. The average Bonchev–Trinajstić information content (AvgIpc) is 2.69. The molecule has 0 spiro atoms. The number of benzene rings is 1. The molecule has 2 atom stereocenters. The Balaban J connectivity index is 2.00. The van der Waals surface area contributed by atoms with E-state index in [1.165, 1.54) is 5.56 Å². The third-order valence-corrected chi connectivity index (χ3v) is 3.34. The van der Waals surface area contributed by atoms with Gasteiger partial charge in [-0.05, 0) is 36.1 Å². The van der Waals surface area contributed by atoms with Crippen molar-refractivity contribution in [3.63, 3.8) is 0 Å². The molecule has 2 rings (SSSR count). The molecule has 0 fully saturated rings. The van der Waals surface area contributed by atoms with Gasteiger partial charge in [-0.15, -0.1) is 0 Å². The molecular formula is C14H19NO4. The molecule has 2 unspecified atom stereocenters. The molecule has 0 saturated heterocycles. The normalized spacial score (nSPS) is 21.2. The van der Waals surface area contributed by atoms with E-state index in [4.69, 9.17) is 20.3 Å². The predicted molar refractivity (Wildman–Crippen MR) is 70.2 cm³/mol. The number of nitrogens with two attached hydrogens (primary N) is 1. The van der Waals surface area contributed by atoms with Crippen molar-refractivity contribution in [2.75, 3.05) is 13.7 Å². The molecule has 1 aromatic carbocycles. The second kappa shape index (κ2) is 6.04. The third-order valence-electron chi connectivity index (χ3n) is 3.34. The van der Waals surface area contributed by atoms with Gasteiger partial charge >= 0.3 is 5.97 Å². The molecule has 0 amide bonds. The van der Waals surface area contributed by atoms with E-state index < -0.39 is 5.97 Å². The monoisotopic (exact) mass is 265 g/mol. The van der Waals surface area contributed by atoms with Crippen molar-refractivity contribution in [3.8, 4) is 5.75 Å². The molecule has 5 heteroatoms. The second-order valence-corrected chi connectivity index (χ2v) is 4.72. The van der Waals surface area contributed by atoms with Crippen molar-refractivity contribution in [1.82, 2.24) is 0 Å². The molecule has 1 aliphatic carbocycles. The first-order chi connectivity index (χ1) is 9.11. The Morgan fingerprint density at radius 3 is 3.00 bits per heavy atom. The maximum absolute atomic E-state index is 10.4. The standard InChI is InChI=1S/C14H19NO4/c1-18-10-5-4-9-7-12(15)14(11(9)8-10)19-6-2-3-13(16)17/h4-5,8,12,14H,2-3,6-7,15H2,1H3,(H,16,17). The number of carboxylic acids is 1. The van der Waals surface area contributed by atoms with Gasteiger partial charge in [-0.3, -0.25) is 4.79 Å². The smallest absolute Gasteiger partial charge is 0.303 e. The van der Waals surface area contributed by atoms with Crippen LogP contribution in [-0.2, 0) is 16.0 Å². The number of ether oxygens (including phenoxy) is 2. The predicted octanol–water partition coefficient (Wildman–Crippen LogP) is 1.50. The maximum atomic E-state index is 10.4. The fourth-order valence-corrected chi connectivity index (χ4v) is 2.39. The fourth-order valence-electron chi connectivity index (χ4n) is 2.39. The largest absolute Gasteiger partial charge is 0.497 e. The van der Waals surface area contributed by atoms with Gasteiger partial charge in [-0.2, -0.15) is 0 Å². The van der Waals surface area contributed by atoms with Crippen molar-refractivity contribution in [2.45, 2.75) is 31.4 Å². The van der Waals surface area contributed by atoms with Crippen molar-refractivity contribution in [1.29, 1.82) is 0 Å². The van der Waals surface area contributed by atoms with Crippen molar-refractivity contribution in [3.05, 3.63) is 29.3 Å². The molecule has 0 radical (unpaired) electrons. The summed E-state index contributed by atoms with van der Waals surface area (Å²) in [5.74, 6) is -0.0200. The summed E-state index contributed by atoms with van der Waals surface area (Å²) < 4.78 is 11.0. The van der Waals surface area contributed by atoms with Gasteiger partial charge in [-0.25, -0.2) is 0 Å². The molecule has 0 aromatic heterocycles. The summed E-state index contributed by atoms with van der Waals surface area (Å²) in [5.41, 5.74) is 8.32. The highest BCUT2D eigenvalue weighted by molar-refractivity contribution is 5.66. The van der Waals surface area contributed by atoms with E-state index in [1.54, 1.807) is 7.11 Å². The van der Waals surface area contributed by atoms with Crippen LogP contribution in [0.4, 0.5) is 0 Å². The molecule has 0 bridgehead atoms. The topological polar surface area (TPSA) is 81.8 Å². The number of rotatable bonds is 6. The lowest BCUT2D eigenvalue weighted by Gasteiger charge is -2.18. The van der Waals surface area contributed by atoms with Gasteiger partial charge in [0.1, 0.15) is 5.75 Å². The highest BCUT2D eigenvalue weighted by Crippen LogP contribution is 2.35. The molecular weight excluding hydrogens is 246 g/mol. The summed E-state index contributed by atoms with van der Waals surface area (Å²) in [4.78, 5) is 10.4. The van der Waals surface area contributed by atoms with E-state index in [9.17, 15) is 4.79 Å². The van der Waals surface area contributed by atoms with Crippen LogP contribution < -0.4 is 10.5 Å². The van der Waals surface area contributed by atoms with Gasteiger partial charge in [-0.1, -0.05) is 6.07 Å². The Kier molecular flexibility index (Phi) is 4.39. The van der Waals surface area contributed by atoms with Gasteiger partial charge in [0, 0.05) is 19.1 Å². The lowest BCUT2D eigenvalue weighted by atomic mass is 10.1. The van der Waals surface area contributed by atoms with E-state index in [1.807, 2.05) is 18.2 Å². The number of hydrogen-bond acceptors (Lipinski definition) is 4. The highest BCUT2D eigenvalue weighted by atomic mass is 16.5. The minimum Gasteiger partial charge on any atom is -0.497 e. The Labute approximate surface area is 112 Å². The fraction of sp³-hybridized carbons (Fsp3) is 0.500. The van der Waals surface area contributed by atoms with Crippen LogP contribution in [-0.4, -0.2) is 30.8 Å². The van der Waals surface area contributed by atoms with Crippen molar-refractivity contribution in [2.24, 2.45) is 5.73 Å². The minimum atomic E-state index is -0.804. The zero-order valence-electron chi connectivity index (χ0n) is 11.0. The lowest BCUT2D eigenvalue weighted by molar-refractivity contribution is -0.137. The molecule has 1 aliphatic rings. The Morgan fingerprint density at radius 1 is 1.53 bits per heavy atom. The van der Waals surface area contributed by atoms with E-state index >= 15 is 0 Å². The van der Waals surface area contributed by atoms with Crippen LogP contribution in [0.3, 0.4) is 0 Å². The maximum Gasteiger partial charge on any atom is 0.303 e. The highest BCUT2D eigenvalue weighted by Gasteiger charge is 2.30. The average molecular weight is 265 g/mol. The number of aliphatic carboxylic acids is 1. The van der Waals surface area contributed by atoms with Crippen LogP contribution in [0.5, 0.6) is 5.75 Å². The summed E-state index contributed by atoms with van der Waals surface area (Å²) >= 11 is 0. The van der Waals surface area contributed by atoms with Gasteiger partial charge in [0.15, 0.2) is 0 Å². The zero-order chi connectivity index (χ0) is 13.8. The zero-order valence-corrected chi connectivity index (χ0v) is 11.0. The van der Waals surface area contributed by atoms with Gasteiger partial charge in [0.25, 0.3) is 0 Å². The quantitative estimate of drug-likeness (QED) is 0.762. The van der Waals surface area contributed by atoms with Crippen molar-refractivity contribution < 1.29 is 19.4 Å². The molecule has 19 heavy (non-hydrogen) atoms. The SMILES string of the molecule is COc1ccc2c(c1)C(OCCCC(=O)O)C(N)C2. The summed E-state index contributed by atoms with van der Waals surface area (Å²) in [6.45, 7) is 0.404. The summed E-state index contributed by atoms with van der Waals surface area (Å²) in [6, 6.07) is 5.80. The van der Waals surface area contributed by atoms with Crippen LogP contribution in [0.25, 0.3) is 0 Å². The minimum absolute atomic E-state index is 0.0769. The van der Waals surface area contributed by atoms with E-state index in [0.29, 0.717) is 13.0 Å². The molecule has 0 aliphatic heterocycles.